The molecule has 1 N–H and O–H groups in total. The fourth-order valence-corrected chi connectivity index (χ4v) is 4.44. The lowest BCUT2D eigenvalue weighted by Crippen LogP contribution is -2.34. The molecule has 2 aromatic carbocycles. The summed E-state index contributed by atoms with van der Waals surface area (Å²) in [5, 5.41) is 0. The topological polar surface area (TPSA) is 73.9 Å². The van der Waals surface area contributed by atoms with Crippen LogP contribution in [0.25, 0.3) is 0 Å². The molecule has 0 heterocycles. The van der Waals surface area contributed by atoms with E-state index in [0.717, 1.165) is 18.4 Å². The first-order valence-corrected chi connectivity index (χ1v) is 10.3. The molecule has 1 saturated carbocycles. The van der Waals surface area contributed by atoms with Gasteiger partial charge in [0.05, 0.1) is 30.8 Å². The van der Waals surface area contributed by atoms with Crippen molar-refractivity contribution in [1.82, 2.24) is 4.72 Å². The Hall–Kier alpha value is -2.25. The number of ether oxygens (including phenoxy) is 3. The largest absolute Gasteiger partial charge is 0.493 e. The lowest BCUT2D eigenvalue weighted by molar-refractivity contribution is 0.242. The van der Waals surface area contributed by atoms with Crippen LogP contribution in [0.2, 0.25) is 0 Å². The van der Waals surface area contributed by atoms with E-state index in [0.29, 0.717) is 17.2 Å². The van der Waals surface area contributed by atoms with Crippen molar-refractivity contribution in [3.05, 3.63) is 48.0 Å². The molecular formula is C20H25NO5S. The maximum absolute atomic E-state index is 12.9. The molecule has 0 saturated heterocycles. The third-order valence-electron chi connectivity index (χ3n) is 4.52. The van der Waals surface area contributed by atoms with E-state index in [2.05, 4.69) is 4.72 Å². The van der Waals surface area contributed by atoms with E-state index in [1.165, 1.54) is 0 Å². The molecule has 3 rings (SSSR count). The Balaban J connectivity index is 1.83. The van der Waals surface area contributed by atoms with E-state index >= 15 is 0 Å². The molecule has 1 aliphatic carbocycles. The van der Waals surface area contributed by atoms with Crippen molar-refractivity contribution in [3.8, 4) is 17.2 Å². The zero-order valence-electron chi connectivity index (χ0n) is 16.0. The van der Waals surface area contributed by atoms with E-state index in [1.54, 1.807) is 44.6 Å². The molecule has 146 valence electrons. The van der Waals surface area contributed by atoms with Crippen molar-refractivity contribution < 1.29 is 22.6 Å². The predicted octanol–water partition coefficient (Wildman–Crippen LogP) is 3.46. The Morgan fingerprint density at radius 3 is 2.11 bits per heavy atom. The Morgan fingerprint density at radius 2 is 1.59 bits per heavy atom. The number of methoxy groups -OCH3 is 2. The summed E-state index contributed by atoms with van der Waals surface area (Å²) in [6.07, 6.45) is 1.50. The summed E-state index contributed by atoms with van der Waals surface area (Å²) in [5.74, 6) is 1.83. The van der Waals surface area contributed by atoms with Gasteiger partial charge in [0.2, 0.25) is 10.0 Å². The molecule has 1 fully saturated rings. The quantitative estimate of drug-likeness (QED) is 0.746. The molecule has 0 aliphatic heterocycles. The molecule has 0 unspecified atom stereocenters. The van der Waals surface area contributed by atoms with Crippen molar-refractivity contribution in [2.45, 2.75) is 43.2 Å². The van der Waals surface area contributed by atoms with Gasteiger partial charge in [0.25, 0.3) is 0 Å². The highest BCUT2D eigenvalue weighted by Crippen LogP contribution is 2.48. The number of benzene rings is 2. The molecule has 0 aromatic heterocycles. The average Bonchev–Trinajstić information content (AvgIpc) is 3.41. The minimum Gasteiger partial charge on any atom is -0.493 e. The molecule has 27 heavy (non-hydrogen) atoms. The zero-order chi connectivity index (χ0) is 19.7. The number of nitrogens with one attached hydrogen (secondary N) is 1. The fourth-order valence-electron chi connectivity index (χ4n) is 2.99. The van der Waals surface area contributed by atoms with E-state index in [9.17, 15) is 8.42 Å². The Bertz CT molecular complexity index is 902. The van der Waals surface area contributed by atoms with Gasteiger partial charge < -0.3 is 14.2 Å². The van der Waals surface area contributed by atoms with Crippen LogP contribution in [0.1, 0.15) is 32.3 Å². The normalized spacial score (nSPS) is 15.4. The van der Waals surface area contributed by atoms with Crippen molar-refractivity contribution in [1.29, 1.82) is 0 Å². The Kier molecular flexibility index (Phi) is 5.35. The lowest BCUT2D eigenvalue weighted by Gasteiger charge is -2.20. The molecule has 0 atom stereocenters. The van der Waals surface area contributed by atoms with Crippen molar-refractivity contribution in [3.63, 3.8) is 0 Å². The van der Waals surface area contributed by atoms with Gasteiger partial charge in [0, 0.05) is 0 Å². The first kappa shape index (κ1) is 19.5. The van der Waals surface area contributed by atoms with Gasteiger partial charge in [-0.15, -0.1) is 0 Å². The Labute approximate surface area is 160 Å². The van der Waals surface area contributed by atoms with E-state index < -0.39 is 15.6 Å². The summed E-state index contributed by atoms with van der Waals surface area (Å²) in [6, 6.07) is 12.0. The lowest BCUT2D eigenvalue weighted by atomic mass is 10.1. The molecule has 0 spiro atoms. The van der Waals surface area contributed by atoms with Gasteiger partial charge in [0.15, 0.2) is 11.5 Å². The minimum atomic E-state index is -3.66. The van der Waals surface area contributed by atoms with Crippen molar-refractivity contribution in [2.75, 3.05) is 14.2 Å². The van der Waals surface area contributed by atoms with E-state index in [-0.39, 0.29) is 11.0 Å². The monoisotopic (exact) mass is 391 g/mol. The van der Waals surface area contributed by atoms with Crippen molar-refractivity contribution >= 4 is 10.0 Å². The van der Waals surface area contributed by atoms with Crippen LogP contribution in [-0.4, -0.2) is 28.7 Å². The van der Waals surface area contributed by atoms with E-state index in [1.807, 2.05) is 26.0 Å². The third kappa shape index (κ3) is 4.20. The third-order valence-corrected chi connectivity index (χ3v) is 6.07. The highest BCUT2D eigenvalue weighted by molar-refractivity contribution is 7.89. The molecule has 0 bridgehead atoms. The maximum atomic E-state index is 12.9. The number of hydrogen-bond acceptors (Lipinski definition) is 5. The summed E-state index contributed by atoms with van der Waals surface area (Å²) in [5.41, 5.74) is 0.259. The van der Waals surface area contributed by atoms with Crippen LogP contribution in [-0.2, 0) is 15.6 Å². The van der Waals surface area contributed by atoms with Gasteiger partial charge in [-0.3, -0.25) is 0 Å². The summed E-state index contributed by atoms with van der Waals surface area (Å²) in [4.78, 5) is 0.213. The van der Waals surface area contributed by atoms with Gasteiger partial charge in [-0.25, -0.2) is 13.1 Å². The van der Waals surface area contributed by atoms with Gasteiger partial charge in [-0.2, -0.15) is 0 Å². The summed E-state index contributed by atoms with van der Waals surface area (Å²) in [7, 11) is -0.531. The summed E-state index contributed by atoms with van der Waals surface area (Å²) < 4.78 is 44.8. The molecule has 7 heteroatoms. The maximum Gasteiger partial charge on any atom is 0.241 e. The molecular weight excluding hydrogens is 366 g/mol. The number of sulfonamides is 1. The van der Waals surface area contributed by atoms with Crippen LogP contribution in [0.3, 0.4) is 0 Å². The fraction of sp³-hybridized carbons (Fsp3) is 0.400. The molecule has 6 nitrogen and oxygen atoms in total. The van der Waals surface area contributed by atoms with Crippen LogP contribution in [0.5, 0.6) is 17.2 Å². The standard InChI is InChI=1S/C20H25NO5S/c1-14(2)26-16-6-8-17(9-7-16)27(22,23)21-20(11-12-20)15-5-10-18(24-3)19(13-15)25-4/h5-10,13-14,21H,11-12H2,1-4H3. The smallest absolute Gasteiger partial charge is 0.241 e. The first-order valence-electron chi connectivity index (χ1n) is 8.83. The van der Waals surface area contributed by atoms with Gasteiger partial charge in [0.1, 0.15) is 5.75 Å². The predicted molar refractivity (Wildman–Crippen MR) is 103 cm³/mol. The molecule has 0 amide bonds. The van der Waals surface area contributed by atoms with Crippen LogP contribution in [0.15, 0.2) is 47.4 Å². The SMILES string of the molecule is COc1ccc(C2(NS(=O)(=O)c3ccc(OC(C)C)cc3)CC2)cc1OC. The van der Waals surface area contributed by atoms with Crippen LogP contribution >= 0.6 is 0 Å². The Morgan fingerprint density at radius 1 is 0.963 bits per heavy atom. The van der Waals surface area contributed by atoms with Crippen LogP contribution in [0, 0.1) is 0 Å². The second-order valence-corrected chi connectivity index (χ2v) is 8.58. The summed E-state index contributed by atoms with van der Waals surface area (Å²) >= 11 is 0. The number of rotatable bonds is 8. The van der Waals surface area contributed by atoms with Gasteiger partial charge >= 0.3 is 0 Å². The minimum absolute atomic E-state index is 0.0327. The van der Waals surface area contributed by atoms with Gasteiger partial charge in [-0.05, 0) is 68.7 Å². The average molecular weight is 391 g/mol. The zero-order valence-corrected chi connectivity index (χ0v) is 16.8. The van der Waals surface area contributed by atoms with Crippen molar-refractivity contribution in [2.24, 2.45) is 0 Å². The highest BCUT2D eigenvalue weighted by Gasteiger charge is 2.48. The second-order valence-electron chi connectivity index (χ2n) is 6.90. The number of hydrogen-bond donors (Lipinski definition) is 1. The van der Waals surface area contributed by atoms with Crippen LogP contribution < -0.4 is 18.9 Å². The molecule has 0 radical (unpaired) electrons. The van der Waals surface area contributed by atoms with Crippen LogP contribution in [0.4, 0.5) is 0 Å². The second kappa shape index (κ2) is 7.40. The highest BCUT2D eigenvalue weighted by atomic mass is 32.2. The molecule has 2 aromatic rings. The summed E-state index contributed by atoms with van der Waals surface area (Å²) in [6.45, 7) is 3.85. The first-order chi connectivity index (χ1) is 12.8. The van der Waals surface area contributed by atoms with E-state index in [4.69, 9.17) is 14.2 Å². The molecule has 1 aliphatic rings. The van der Waals surface area contributed by atoms with Gasteiger partial charge in [-0.1, -0.05) is 6.07 Å².